The fourth-order valence-electron chi connectivity index (χ4n) is 1.51. The summed E-state index contributed by atoms with van der Waals surface area (Å²) in [6, 6.07) is 9.23. The number of benzene rings is 1. The molecule has 1 aromatic heterocycles. The number of rotatable bonds is 3. The Morgan fingerprint density at radius 3 is 2.65 bits per heavy atom. The summed E-state index contributed by atoms with van der Waals surface area (Å²) in [5, 5.41) is 4.26. The van der Waals surface area contributed by atoms with Crippen molar-refractivity contribution in [2.75, 3.05) is 7.11 Å². The summed E-state index contributed by atoms with van der Waals surface area (Å²) in [5.41, 5.74) is 1.69. The minimum Gasteiger partial charge on any atom is -0.497 e. The molecule has 0 saturated carbocycles. The Morgan fingerprint density at radius 1 is 1.35 bits per heavy atom. The first-order chi connectivity index (χ1) is 8.24. The van der Waals surface area contributed by atoms with Gasteiger partial charge >= 0.3 is 0 Å². The van der Waals surface area contributed by atoms with Crippen LogP contribution in [-0.4, -0.2) is 23.0 Å². The van der Waals surface area contributed by atoms with Crippen molar-refractivity contribution in [3.05, 3.63) is 30.3 Å². The van der Waals surface area contributed by atoms with Crippen molar-refractivity contribution in [1.29, 1.82) is 0 Å². The number of carbonyl (C=O) groups excluding carboxylic acids is 1. The molecule has 1 aromatic carbocycles. The number of hydrogen-bond acceptors (Lipinski definition) is 4. The molecule has 0 unspecified atom stereocenters. The van der Waals surface area contributed by atoms with E-state index in [-0.39, 0.29) is 0 Å². The van der Waals surface area contributed by atoms with Crippen molar-refractivity contribution < 1.29 is 9.53 Å². The van der Waals surface area contributed by atoms with Gasteiger partial charge < -0.3 is 4.74 Å². The predicted octanol–water partition coefficient (Wildman–Crippen LogP) is 2.06. The lowest BCUT2D eigenvalue weighted by molar-refractivity contribution is 0.415. The van der Waals surface area contributed by atoms with Gasteiger partial charge in [0.05, 0.1) is 12.8 Å². The molecule has 0 radical (unpaired) electrons. The summed E-state index contributed by atoms with van der Waals surface area (Å²) >= 11 is 0. The van der Waals surface area contributed by atoms with E-state index in [9.17, 15) is 4.79 Å². The van der Waals surface area contributed by atoms with Gasteiger partial charge in [0.2, 0.25) is 6.08 Å². The second kappa shape index (κ2) is 4.63. The van der Waals surface area contributed by atoms with Crippen molar-refractivity contribution in [2.24, 2.45) is 12.0 Å². The first kappa shape index (κ1) is 11.1. The van der Waals surface area contributed by atoms with Crippen LogP contribution in [0.1, 0.15) is 0 Å². The molecule has 0 fully saturated rings. The van der Waals surface area contributed by atoms with Crippen LogP contribution < -0.4 is 4.74 Å². The molecule has 5 nitrogen and oxygen atoms in total. The quantitative estimate of drug-likeness (QED) is 0.598. The molecule has 0 atom stereocenters. The van der Waals surface area contributed by atoms with Gasteiger partial charge in [0, 0.05) is 18.7 Å². The largest absolute Gasteiger partial charge is 0.497 e. The van der Waals surface area contributed by atoms with Crippen molar-refractivity contribution in [2.45, 2.75) is 0 Å². The molecule has 0 aliphatic rings. The van der Waals surface area contributed by atoms with E-state index in [1.807, 2.05) is 24.3 Å². The number of aliphatic imine (C=N–C) groups is 1. The van der Waals surface area contributed by atoms with Crippen molar-refractivity contribution in [1.82, 2.24) is 9.78 Å². The molecule has 0 aliphatic heterocycles. The van der Waals surface area contributed by atoms with Gasteiger partial charge in [-0.05, 0) is 24.3 Å². The van der Waals surface area contributed by atoms with E-state index >= 15 is 0 Å². The van der Waals surface area contributed by atoms with Gasteiger partial charge in [-0.15, -0.1) is 4.99 Å². The molecular weight excluding hydrogens is 218 g/mol. The molecule has 0 bridgehead atoms. The first-order valence-electron chi connectivity index (χ1n) is 5.01. The van der Waals surface area contributed by atoms with Crippen molar-refractivity contribution in [3.63, 3.8) is 0 Å². The minimum atomic E-state index is 0.478. The van der Waals surface area contributed by atoms with E-state index in [1.54, 1.807) is 20.2 Å². The number of nitrogens with zero attached hydrogens (tertiary/aromatic N) is 3. The smallest absolute Gasteiger partial charge is 0.242 e. The van der Waals surface area contributed by atoms with E-state index in [0.29, 0.717) is 5.82 Å². The topological polar surface area (TPSA) is 56.5 Å². The van der Waals surface area contributed by atoms with Crippen LogP contribution in [0.4, 0.5) is 5.82 Å². The average Bonchev–Trinajstić information content (AvgIpc) is 2.72. The molecule has 0 aliphatic carbocycles. The Labute approximate surface area is 98.4 Å². The average molecular weight is 229 g/mol. The first-order valence-corrected chi connectivity index (χ1v) is 5.01. The maximum atomic E-state index is 10.2. The number of aromatic nitrogens is 2. The summed E-state index contributed by atoms with van der Waals surface area (Å²) in [4.78, 5) is 13.8. The third-order valence-corrected chi connectivity index (χ3v) is 2.40. The summed E-state index contributed by atoms with van der Waals surface area (Å²) in [6.45, 7) is 0. The van der Waals surface area contributed by atoms with Gasteiger partial charge in [-0.25, -0.2) is 9.48 Å². The highest BCUT2D eigenvalue weighted by Crippen LogP contribution is 2.24. The molecule has 0 spiro atoms. The Bertz CT molecular complexity index is 566. The zero-order valence-corrected chi connectivity index (χ0v) is 9.54. The number of isocyanates is 1. The summed E-state index contributed by atoms with van der Waals surface area (Å²) in [6.07, 6.45) is 1.50. The highest BCUT2D eigenvalue weighted by Gasteiger charge is 2.06. The number of ether oxygens (including phenoxy) is 1. The number of hydrogen-bond donors (Lipinski definition) is 0. The van der Waals surface area contributed by atoms with E-state index in [1.165, 1.54) is 10.8 Å². The highest BCUT2D eigenvalue weighted by atomic mass is 16.5. The molecule has 86 valence electrons. The zero-order valence-electron chi connectivity index (χ0n) is 9.54. The Morgan fingerprint density at radius 2 is 2.06 bits per heavy atom. The molecule has 0 saturated heterocycles. The molecule has 2 aromatic rings. The van der Waals surface area contributed by atoms with Gasteiger partial charge in [-0.1, -0.05) is 0 Å². The van der Waals surface area contributed by atoms with Crippen LogP contribution in [0.25, 0.3) is 11.3 Å². The predicted molar refractivity (Wildman–Crippen MR) is 63.0 cm³/mol. The molecule has 5 heteroatoms. The lowest BCUT2D eigenvalue weighted by Crippen LogP contribution is -1.89. The van der Waals surface area contributed by atoms with Crippen LogP contribution in [-0.2, 0) is 11.8 Å². The van der Waals surface area contributed by atoms with Crippen molar-refractivity contribution >= 4 is 11.9 Å². The maximum Gasteiger partial charge on any atom is 0.242 e. The van der Waals surface area contributed by atoms with Crippen LogP contribution in [0.15, 0.2) is 35.3 Å². The van der Waals surface area contributed by atoms with Crippen LogP contribution >= 0.6 is 0 Å². The normalized spacial score (nSPS) is 9.76. The van der Waals surface area contributed by atoms with E-state index in [4.69, 9.17) is 4.74 Å². The lowest BCUT2D eigenvalue weighted by Gasteiger charge is -2.00. The van der Waals surface area contributed by atoms with Gasteiger partial charge in [0.15, 0.2) is 5.82 Å². The third-order valence-electron chi connectivity index (χ3n) is 2.40. The van der Waals surface area contributed by atoms with Crippen LogP contribution in [0, 0.1) is 0 Å². The summed E-state index contributed by atoms with van der Waals surface area (Å²) in [5.74, 6) is 1.27. The fourth-order valence-corrected chi connectivity index (χ4v) is 1.51. The zero-order chi connectivity index (χ0) is 12.3. The van der Waals surface area contributed by atoms with Gasteiger partial charge in [0.1, 0.15) is 5.75 Å². The standard InChI is InChI=1S/C12H11N3O2/c1-15-12(13-8-16)7-11(14-15)9-3-5-10(17-2)6-4-9/h3-7H,1-2H3. The maximum absolute atomic E-state index is 10.2. The van der Waals surface area contributed by atoms with E-state index in [0.717, 1.165) is 17.0 Å². The monoisotopic (exact) mass is 229 g/mol. The number of aryl methyl sites for hydroxylation is 1. The molecule has 0 N–H and O–H groups in total. The van der Waals surface area contributed by atoms with Gasteiger partial charge in [-0.3, -0.25) is 0 Å². The second-order valence-electron chi connectivity index (χ2n) is 3.44. The van der Waals surface area contributed by atoms with Crippen molar-refractivity contribution in [3.8, 4) is 17.0 Å². The van der Waals surface area contributed by atoms with Gasteiger partial charge in [0.25, 0.3) is 0 Å². The molecular formula is C12H11N3O2. The van der Waals surface area contributed by atoms with Crippen LogP contribution in [0.2, 0.25) is 0 Å². The van der Waals surface area contributed by atoms with Gasteiger partial charge in [-0.2, -0.15) is 5.10 Å². The Balaban J connectivity index is 2.38. The highest BCUT2D eigenvalue weighted by molar-refractivity contribution is 5.63. The minimum absolute atomic E-state index is 0.478. The molecule has 17 heavy (non-hydrogen) atoms. The van der Waals surface area contributed by atoms with E-state index in [2.05, 4.69) is 10.1 Å². The Kier molecular flexibility index (Phi) is 3.03. The fraction of sp³-hybridized carbons (Fsp3) is 0.167. The van der Waals surface area contributed by atoms with Crippen LogP contribution in [0.3, 0.4) is 0 Å². The lowest BCUT2D eigenvalue weighted by atomic mass is 10.1. The number of methoxy groups -OCH3 is 1. The molecule has 1 heterocycles. The van der Waals surface area contributed by atoms with E-state index < -0.39 is 0 Å². The molecule has 2 rings (SSSR count). The summed E-state index contributed by atoms with van der Waals surface area (Å²) in [7, 11) is 3.34. The molecule has 0 amide bonds. The Hall–Kier alpha value is -2.39. The van der Waals surface area contributed by atoms with Crippen LogP contribution in [0.5, 0.6) is 5.75 Å². The second-order valence-corrected chi connectivity index (χ2v) is 3.44. The summed E-state index contributed by atoms with van der Waals surface area (Å²) < 4.78 is 6.61. The SMILES string of the molecule is COc1ccc(-c2cc(N=C=O)n(C)n2)cc1. The third kappa shape index (κ3) is 2.24.